The summed E-state index contributed by atoms with van der Waals surface area (Å²) in [5.74, 6) is 0. The number of nitrogens with two attached hydrogens (primary N) is 2. The predicted octanol–water partition coefficient (Wildman–Crippen LogP) is 2.84. The van der Waals surface area contributed by atoms with E-state index in [0.29, 0.717) is 13.2 Å². The van der Waals surface area contributed by atoms with Gasteiger partial charge < -0.3 is 16.3 Å². The highest BCUT2D eigenvalue weighted by atomic mass is 16.6. The van der Waals surface area contributed by atoms with Gasteiger partial charge in [0.05, 0.1) is 5.71 Å². The highest BCUT2D eigenvalue weighted by molar-refractivity contribution is 6.01. The van der Waals surface area contributed by atoms with Crippen molar-refractivity contribution in [3.8, 4) is 0 Å². The van der Waals surface area contributed by atoms with Crippen molar-refractivity contribution >= 4 is 11.4 Å². The Bertz CT molecular complexity index is 416. The third kappa shape index (κ3) is 5.30. The van der Waals surface area contributed by atoms with E-state index in [9.17, 15) is 0 Å². The average molecular weight is 263 g/mol. The molecular formula is C15H25N3O. The van der Waals surface area contributed by atoms with E-state index >= 15 is 0 Å². The van der Waals surface area contributed by atoms with Crippen molar-refractivity contribution in [2.45, 2.75) is 39.5 Å². The van der Waals surface area contributed by atoms with Gasteiger partial charge in [0.2, 0.25) is 0 Å². The van der Waals surface area contributed by atoms with Crippen molar-refractivity contribution in [1.82, 2.24) is 0 Å². The lowest BCUT2D eigenvalue weighted by Crippen LogP contribution is -2.09. The van der Waals surface area contributed by atoms with E-state index in [1.807, 2.05) is 25.1 Å². The quantitative estimate of drug-likeness (QED) is 0.328. The number of nitrogen functional groups attached to an aromatic ring is 1. The van der Waals surface area contributed by atoms with Gasteiger partial charge in [0, 0.05) is 17.8 Å². The van der Waals surface area contributed by atoms with E-state index in [0.717, 1.165) is 35.4 Å². The summed E-state index contributed by atoms with van der Waals surface area (Å²) >= 11 is 0. The minimum absolute atomic E-state index is 0.443. The molecule has 0 unspecified atom stereocenters. The molecule has 0 aliphatic carbocycles. The van der Waals surface area contributed by atoms with Crippen LogP contribution in [-0.2, 0) is 4.84 Å². The highest BCUT2D eigenvalue weighted by Crippen LogP contribution is 2.16. The summed E-state index contributed by atoms with van der Waals surface area (Å²) in [4.78, 5) is 5.22. The molecule has 0 aromatic heterocycles. The second-order valence-electron chi connectivity index (χ2n) is 4.69. The van der Waals surface area contributed by atoms with Crippen LogP contribution < -0.4 is 11.5 Å². The third-order valence-electron chi connectivity index (χ3n) is 3.01. The molecule has 4 heteroatoms. The molecule has 106 valence electrons. The number of hydrogen-bond acceptors (Lipinski definition) is 4. The first-order valence-corrected chi connectivity index (χ1v) is 6.94. The second-order valence-corrected chi connectivity index (χ2v) is 4.69. The van der Waals surface area contributed by atoms with Gasteiger partial charge in [0.1, 0.15) is 6.61 Å². The molecule has 0 saturated carbocycles. The molecule has 0 atom stereocenters. The molecule has 0 bridgehead atoms. The van der Waals surface area contributed by atoms with Crippen LogP contribution in [0, 0.1) is 6.92 Å². The summed E-state index contributed by atoms with van der Waals surface area (Å²) < 4.78 is 0. The van der Waals surface area contributed by atoms with Crippen molar-refractivity contribution in [3.05, 3.63) is 29.3 Å². The SMILES string of the molecule is CCCCC/C(=N/OCCN)c1ccc(C)c(N)c1. The number of anilines is 1. The highest BCUT2D eigenvalue weighted by Gasteiger charge is 2.06. The van der Waals surface area contributed by atoms with Crippen LogP contribution in [0.4, 0.5) is 5.69 Å². The summed E-state index contributed by atoms with van der Waals surface area (Å²) in [6, 6.07) is 6.02. The molecule has 0 spiro atoms. The number of benzene rings is 1. The number of unbranched alkanes of at least 4 members (excludes halogenated alkanes) is 2. The summed E-state index contributed by atoms with van der Waals surface area (Å²) in [5, 5.41) is 4.21. The van der Waals surface area contributed by atoms with E-state index in [4.69, 9.17) is 16.3 Å². The number of hydrogen-bond donors (Lipinski definition) is 2. The van der Waals surface area contributed by atoms with Gasteiger partial charge in [-0.3, -0.25) is 0 Å². The number of aryl methyl sites for hydroxylation is 1. The summed E-state index contributed by atoms with van der Waals surface area (Å²) in [6.07, 6.45) is 4.39. The number of rotatable bonds is 8. The van der Waals surface area contributed by atoms with Gasteiger partial charge in [-0.2, -0.15) is 0 Å². The largest absolute Gasteiger partial charge is 0.398 e. The molecule has 0 aliphatic rings. The van der Waals surface area contributed by atoms with E-state index < -0.39 is 0 Å². The normalized spacial score (nSPS) is 11.6. The van der Waals surface area contributed by atoms with E-state index in [1.54, 1.807) is 0 Å². The van der Waals surface area contributed by atoms with Crippen LogP contribution in [0.15, 0.2) is 23.4 Å². The fraction of sp³-hybridized carbons (Fsp3) is 0.533. The molecule has 1 aromatic rings. The lowest BCUT2D eigenvalue weighted by atomic mass is 10.0. The lowest BCUT2D eigenvalue weighted by molar-refractivity contribution is 0.152. The molecule has 0 fully saturated rings. The molecule has 1 aromatic carbocycles. The van der Waals surface area contributed by atoms with Gasteiger partial charge >= 0.3 is 0 Å². The minimum atomic E-state index is 0.443. The monoisotopic (exact) mass is 263 g/mol. The van der Waals surface area contributed by atoms with Crippen LogP contribution in [0.1, 0.15) is 43.7 Å². The standard InChI is InChI=1S/C15H25N3O/c1-3-4-5-6-15(18-19-10-9-16)13-8-7-12(2)14(17)11-13/h7-8,11H,3-6,9-10,16-17H2,1-2H3/b18-15-. The Balaban J connectivity index is 2.81. The van der Waals surface area contributed by atoms with Gasteiger partial charge in [-0.1, -0.05) is 37.1 Å². The Hall–Kier alpha value is -1.55. The van der Waals surface area contributed by atoms with Crippen molar-refractivity contribution in [2.24, 2.45) is 10.9 Å². The van der Waals surface area contributed by atoms with Crippen LogP contribution in [0.3, 0.4) is 0 Å². The fourth-order valence-corrected chi connectivity index (χ4v) is 1.78. The fourth-order valence-electron chi connectivity index (χ4n) is 1.78. The van der Waals surface area contributed by atoms with Gasteiger partial charge in [0.15, 0.2) is 0 Å². The molecule has 0 radical (unpaired) electrons. The third-order valence-corrected chi connectivity index (χ3v) is 3.01. The lowest BCUT2D eigenvalue weighted by Gasteiger charge is -2.09. The Labute approximate surface area is 115 Å². The summed E-state index contributed by atoms with van der Waals surface area (Å²) in [7, 11) is 0. The molecule has 1 rings (SSSR count). The van der Waals surface area contributed by atoms with Crippen molar-refractivity contribution < 1.29 is 4.84 Å². The molecular weight excluding hydrogens is 238 g/mol. The zero-order valence-electron chi connectivity index (χ0n) is 12.0. The van der Waals surface area contributed by atoms with Crippen molar-refractivity contribution in [2.75, 3.05) is 18.9 Å². The Morgan fingerprint density at radius 1 is 1.32 bits per heavy atom. The zero-order chi connectivity index (χ0) is 14.1. The van der Waals surface area contributed by atoms with Crippen molar-refractivity contribution in [3.63, 3.8) is 0 Å². The number of nitrogens with zero attached hydrogens (tertiary/aromatic N) is 1. The minimum Gasteiger partial charge on any atom is -0.398 e. The maximum atomic E-state index is 5.95. The van der Waals surface area contributed by atoms with Crippen LogP contribution in [-0.4, -0.2) is 18.9 Å². The van der Waals surface area contributed by atoms with E-state index in [2.05, 4.69) is 12.1 Å². The van der Waals surface area contributed by atoms with Crippen LogP contribution in [0.25, 0.3) is 0 Å². The smallest absolute Gasteiger partial charge is 0.129 e. The molecule has 0 heterocycles. The first-order chi connectivity index (χ1) is 9.19. The van der Waals surface area contributed by atoms with Gasteiger partial charge in [-0.15, -0.1) is 0 Å². The van der Waals surface area contributed by atoms with Gasteiger partial charge in [-0.25, -0.2) is 0 Å². The van der Waals surface area contributed by atoms with E-state index in [-0.39, 0.29) is 0 Å². The second kappa shape index (κ2) is 8.53. The van der Waals surface area contributed by atoms with Crippen LogP contribution in [0.2, 0.25) is 0 Å². The molecule has 0 aliphatic heterocycles. The first kappa shape index (κ1) is 15.5. The molecule has 0 saturated heterocycles. The maximum Gasteiger partial charge on any atom is 0.129 e. The molecule has 4 nitrogen and oxygen atoms in total. The Morgan fingerprint density at radius 2 is 2.11 bits per heavy atom. The predicted molar refractivity (Wildman–Crippen MR) is 81.3 cm³/mol. The van der Waals surface area contributed by atoms with Gasteiger partial charge in [0.25, 0.3) is 0 Å². The van der Waals surface area contributed by atoms with Gasteiger partial charge in [-0.05, 0) is 31.4 Å². The maximum absolute atomic E-state index is 5.95. The Kier molecular flexibility index (Phi) is 6.97. The first-order valence-electron chi connectivity index (χ1n) is 6.94. The van der Waals surface area contributed by atoms with Crippen LogP contribution >= 0.6 is 0 Å². The zero-order valence-corrected chi connectivity index (χ0v) is 12.0. The number of oxime groups is 1. The Morgan fingerprint density at radius 3 is 2.74 bits per heavy atom. The molecule has 0 amide bonds. The average Bonchev–Trinajstić information content (AvgIpc) is 2.41. The van der Waals surface area contributed by atoms with Crippen LogP contribution in [0.5, 0.6) is 0 Å². The summed E-state index contributed by atoms with van der Waals surface area (Å²) in [6.45, 7) is 5.10. The topological polar surface area (TPSA) is 73.6 Å². The molecule has 19 heavy (non-hydrogen) atoms. The van der Waals surface area contributed by atoms with E-state index in [1.165, 1.54) is 12.8 Å². The molecule has 4 N–H and O–H groups in total. The van der Waals surface area contributed by atoms with Crippen molar-refractivity contribution in [1.29, 1.82) is 0 Å². The summed E-state index contributed by atoms with van der Waals surface area (Å²) in [5.41, 5.74) is 15.2.